The van der Waals surface area contributed by atoms with E-state index >= 15 is 0 Å². The molecule has 2 aromatic carbocycles. The third-order valence-corrected chi connectivity index (χ3v) is 4.97. The highest BCUT2D eigenvalue weighted by Gasteiger charge is 2.34. The number of alkyl halides is 3. The largest absolute Gasteiger partial charge is 0.417 e. The SMILES string of the molecule is O=S(=O)(Nc1cccc2cn[nH]c12)c1ccc(Cl)c(C(F)(F)F)c1. The van der Waals surface area contributed by atoms with Crippen molar-refractivity contribution in [2.45, 2.75) is 11.1 Å². The monoisotopic (exact) mass is 375 g/mol. The molecular formula is C14H9ClF3N3O2S. The van der Waals surface area contributed by atoms with Crippen LogP contribution < -0.4 is 4.72 Å². The van der Waals surface area contributed by atoms with Gasteiger partial charge in [-0.1, -0.05) is 23.7 Å². The maximum atomic E-state index is 12.9. The second kappa shape index (κ2) is 5.67. The van der Waals surface area contributed by atoms with Crippen molar-refractivity contribution in [2.75, 3.05) is 4.72 Å². The molecule has 0 amide bonds. The molecule has 0 aliphatic carbocycles. The summed E-state index contributed by atoms with van der Waals surface area (Å²) in [6.07, 6.45) is -3.26. The smallest absolute Gasteiger partial charge is 0.277 e. The minimum absolute atomic E-state index is 0.175. The van der Waals surface area contributed by atoms with Gasteiger partial charge in [-0.15, -0.1) is 0 Å². The summed E-state index contributed by atoms with van der Waals surface area (Å²) in [4.78, 5) is -0.546. The number of rotatable bonds is 3. The lowest BCUT2D eigenvalue weighted by Gasteiger charge is -2.13. The van der Waals surface area contributed by atoms with Gasteiger partial charge in [0, 0.05) is 5.39 Å². The van der Waals surface area contributed by atoms with Gasteiger partial charge in [0.25, 0.3) is 10.0 Å². The van der Waals surface area contributed by atoms with Crippen LogP contribution in [0.15, 0.2) is 47.5 Å². The Hall–Kier alpha value is -2.26. The number of para-hydroxylation sites is 1. The first-order valence-corrected chi connectivity index (χ1v) is 8.36. The average Bonchev–Trinajstić information content (AvgIpc) is 2.95. The molecule has 10 heteroatoms. The van der Waals surface area contributed by atoms with Crippen LogP contribution in [0.5, 0.6) is 0 Å². The lowest BCUT2D eigenvalue weighted by molar-refractivity contribution is -0.137. The first-order valence-electron chi connectivity index (χ1n) is 6.50. The maximum Gasteiger partial charge on any atom is 0.417 e. The van der Waals surface area contributed by atoms with E-state index in [2.05, 4.69) is 14.9 Å². The topological polar surface area (TPSA) is 74.8 Å². The molecule has 24 heavy (non-hydrogen) atoms. The Bertz CT molecular complexity index is 1020. The summed E-state index contributed by atoms with van der Waals surface area (Å²) in [7, 11) is -4.24. The van der Waals surface area contributed by atoms with Crippen molar-refractivity contribution in [1.29, 1.82) is 0 Å². The van der Waals surface area contributed by atoms with Gasteiger partial charge in [-0.3, -0.25) is 9.82 Å². The van der Waals surface area contributed by atoms with Gasteiger partial charge in [0.05, 0.1) is 32.9 Å². The molecule has 0 aliphatic heterocycles. The zero-order valence-corrected chi connectivity index (χ0v) is 13.3. The van der Waals surface area contributed by atoms with Crippen molar-refractivity contribution in [2.24, 2.45) is 0 Å². The number of nitrogens with one attached hydrogen (secondary N) is 2. The fourth-order valence-corrected chi connectivity index (χ4v) is 3.47. The number of sulfonamides is 1. The zero-order chi connectivity index (χ0) is 17.5. The molecule has 2 N–H and O–H groups in total. The average molecular weight is 376 g/mol. The van der Waals surface area contributed by atoms with E-state index < -0.39 is 31.7 Å². The van der Waals surface area contributed by atoms with Crippen LogP contribution in [0.2, 0.25) is 5.02 Å². The van der Waals surface area contributed by atoms with Crippen LogP contribution >= 0.6 is 11.6 Å². The van der Waals surface area contributed by atoms with Gasteiger partial charge in [0.2, 0.25) is 0 Å². The first-order chi connectivity index (χ1) is 11.2. The molecule has 3 aromatic rings. The molecule has 0 unspecified atom stereocenters. The van der Waals surface area contributed by atoms with Crippen molar-refractivity contribution >= 4 is 38.2 Å². The highest BCUT2D eigenvalue weighted by atomic mass is 35.5. The fraction of sp³-hybridized carbons (Fsp3) is 0.0714. The second-order valence-electron chi connectivity index (χ2n) is 4.88. The third kappa shape index (κ3) is 3.04. The number of fused-ring (bicyclic) bond motifs is 1. The number of anilines is 1. The molecule has 0 bridgehead atoms. The van der Waals surface area contributed by atoms with Crippen LogP contribution in [-0.4, -0.2) is 18.6 Å². The lowest BCUT2D eigenvalue weighted by atomic mass is 10.2. The van der Waals surface area contributed by atoms with E-state index in [4.69, 9.17) is 11.6 Å². The van der Waals surface area contributed by atoms with Crippen LogP contribution in [-0.2, 0) is 16.2 Å². The highest BCUT2D eigenvalue weighted by Crippen LogP contribution is 2.36. The minimum Gasteiger partial charge on any atom is -0.277 e. The van der Waals surface area contributed by atoms with E-state index in [-0.39, 0.29) is 5.69 Å². The number of nitrogens with zero attached hydrogens (tertiary/aromatic N) is 1. The summed E-state index contributed by atoms with van der Waals surface area (Å²) in [6.45, 7) is 0. The number of halogens is 4. The van der Waals surface area contributed by atoms with Gasteiger partial charge in [0.1, 0.15) is 0 Å². The number of aromatic nitrogens is 2. The Kier molecular flexibility index (Phi) is 3.92. The van der Waals surface area contributed by atoms with Crippen LogP contribution in [0.25, 0.3) is 10.9 Å². The van der Waals surface area contributed by atoms with E-state index in [1.54, 1.807) is 12.1 Å². The van der Waals surface area contributed by atoms with Crippen LogP contribution in [0.1, 0.15) is 5.56 Å². The van der Waals surface area contributed by atoms with Crippen molar-refractivity contribution in [1.82, 2.24) is 10.2 Å². The minimum atomic E-state index is -4.76. The quantitative estimate of drug-likeness (QED) is 0.725. The summed E-state index contributed by atoms with van der Waals surface area (Å²) in [5.74, 6) is 0. The molecule has 0 spiro atoms. The normalized spacial score (nSPS) is 12.5. The van der Waals surface area contributed by atoms with Gasteiger partial charge < -0.3 is 0 Å². The van der Waals surface area contributed by atoms with Crippen molar-refractivity contribution in [3.8, 4) is 0 Å². The molecule has 0 saturated heterocycles. The Morgan fingerprint density at radius 1 is 1.17 bits per heavy atom. The summed E-state index contributed by atoms with van der Waals surface area (Å²) >= 11 is 5.51. The number of hydrogen-bond acceptors (Lipinski definition) is 3. The van der Waals surface area contributed by atoms with E-state index in [1.807, 2.05) is 0 Å². The Balaban J connectivity index is 2.04. The van der Waals surface area contributed by atoms with Crippen LogP contribution in [0, 0.1) is 0 Å². The molecule has 0 aliphatic rings. The van der Waals surface area contributed by atoms with E-state index in [0.29, 0.717) is 17.0 Å². The number of H-pyrrole nitrogens is 1. The standard InChI is InChI=1S/C14H9ClF3N3O2S/c15-11-5-4-9(6-10(11)14(16,17)18)24(22,23)21-12-3-1-2-8-7-19-20-13(8)12/h1-7,21H,(H,19,20). The zero-order valence-electron chi connectivity index (χ0n) is 11.7. The molecule has 1 aromatic heterocycles. The van der Waals surface area contributed by atoms with Gasteiger partial charge in [-0.25, -0.2) is 8.42 Å². The van der Waals surface area contributed by atoms with Gasteiger partial charge in [-0.05, 0) is 24.3 Å². The molecule has 126 valence electrons. The van der Waals surface area contributed by atoms with Gasteiger partial charge in [-0.2, -0.15) is 18.3 Å². The van der Waals surface area contributed by atoms with Crippen molar-refractivity contribution in [3.63, 3.8) is 0 Å². The van der Waals surface area contributed by atoms with Crippen molar-refractivity contribution in [3.05, 3.63) is 53.2 Å². The summed E-state index contributed by atoms with van der Waals surface area (Å²) in [6, 6.07) is 7.18. The van der Waals surface area contributed by atoms with Gasteiger partial charge >= 0.3 is 6.18 Å². The first kappa shape index (κ1) is 16.6. The number of aromatic amines is 1. The molecule has 0 saturated carbocycles. The van der Waals surface area contributed by atoms with E-state index in [9.17, 15) is 21.6 Å². The predicted octanol–water partition coefficient (Wildman–Crippen LogP) is 4.04. The Labute approximate surface area is 139 Å². The molecule has 1 heterocycles. The summed E-state index contributed by atoms with van der Waals surface area (Å²) in [5, 5.41) is 6.51. The second-order valence-corrected chi connectivity index (χ2v) is 6.97. The Morgan fingerprint density at radius 3 is 2.62 bits per heavy atom. The molecule has 0 fully saturated rings. The maximum absolute atomic E-state index is 12.9. The molecular weight excluding hydrogens is 367 g/mol. The molecule has 5 nitrogen and oxygen atoms in total. The summed E-state index contributed by atoms with van der Waals surface area (Å²) in [5.41, 5.74) is -0.619. The number of hydrogen-bond donors (Lipinski definition) is 2. The summed E-state index contributed by atoms with van der Waals surface area (Å²) < 4.78 is 65.7. The Morgan fingerprint density at radius 2 is 1.92 bits per heavy atom. The van der Waals surface area contributed by atoms with Gasteiger partial charge in [0.15, 0.2) is 0 Å². The van der Waals surface area contributed by atoms with Crippen LogP contribution in [0.4, 0.5) is 18.9 Å². The van der Waals surface area contributed by atoms with Crippen molar-refractivity contribution < 1.29 is 21.6 Å². The number of benzene rings is 2. The molecule has 0 atom stereocenters. The fourth-order valence-electron chi connectivity index (χ4n) is 2.15. The molecule has 3 rings (SSSR count). The lowest BCUT2D eigenvalue weighted by Crippen LogP contribution is -2.15. The third-order valence-electron chi connectivity index (χ3n) is 3.27. The van der Waals surface area contributed by atoms with E-state index in [1.165, 1.54) is 12.3 Å². The predicted molar refractivity (Wildman–Crippen MR) is 83.4 cm³/mol. The van der Waals surface area contributed by atoms with E-state index in [0.717, 1.165) is 12.1 Å². The molecule has 0 radical (unpaired) electrons. The van der Waals surface area contributed by atoms with Crippen LogP contribution in [0.3, 0.4) is 0 Å². The highest BCUT2D eigenvalue weighted by molar-refractivity contribution is 7.92.